The largest absolute Gasteiger partial charge is 0.478 e. The molecule has 0 bridgehead atoms. The van der Waals surface area contributed by atoms with Crippen molar-refractivity contribution in [2.45, 2.75) is 18.9 Å². The third kappa shape index (κ3) is 1.69. The number of carboxylic acids is 1. The van der Waals surface area contributed by atoms with Crippen LogP contribution in [-0.4, -0.2) is 22.1 Å². The summed E-state index contributed by atoms with van der Waals surface area (Å²) in [5.74, 6) is -0.968. The SMILES string of the molecule is O=C(O)c1cc([C@@H]2CCCO2)n2cccc(Cl)c12. The fourth-order valence-corrected chi connectivity index (χ4v) is 2.73. The molecule has 0 aliphatic carbocycles. The van der Waals surface area contributed by atoms with Crippen LogP contribution in [0, 0.1) is 0 Å². The molecule has 1 atom stereocenters. The lowest BCUT2D eigenvalue weighted by Crippen LogP contribution is -2.00. The van der Waals surface area contributed by atoms with Gasteiger partial charge in [-0.2, -0.15) is 0 Å². The fraction of sp³-hybridized carbons (Fsp3) is 0.308. The van der Waals surface area contributed by atoms with Crippen LogP contribution in [0.3, 0.4) is 0 Å². The van der Waals surface area contributed by atoms with E-state index >= 15 is 0 Å². The fourth-order valence-electron chi connectivity index (χ4n) is 2.46. The number of rotatable bonds is 2. The highest BCUT2D eigenvalue weighted by atomic mass is 35.5. The highest BCUT2D eigenvalue weighted by Gasteiger charge is 2.25. The van der Waals surface area contributed by atoms with Gasteiger partial charge in [-0.1, -0.05) is 11.6 Å². The molecule has 94 valence electrons. The van der Waals surface area contributed by atoms with Crippen LogP contribution < -0.4 is 0 Å². The molecule has 0 saturated carbocycles. The maximum absolute atomic E-state index is 11.3. The average Bonchev–Trinajstić information content (AvgIpc) is 2.95. The molecule has 1 aliphatic rings. The van der Waals surface area contributed by atoms with Crippen molar-refractivity contribution in [2.75, 3.05) is 6.61 Å². The maximum Gasteiger partial charge on any atom is 0.337 e. The first-order chi connectivity index (χ1) is 8.68. The highest BCUT2D eigenvalue weighted by molar-refractivity contribution is 6.34. The Kier molecular flexibility index (Phi) is 2.76. The molecular weight excluding hydrogens is 254 g/mol. The van der Waals surface area contributed by atoms with Crippen molar-refractivity contribution in [3.8, 4) is 0 Å². The number of nitrogens with zero attached hydrogens (tertiary/aromatic N) is 1. The third-order valence-electron chi connectivity index (χ3n) is 3.26. The van der Waals surface area contributed by atoms with Gasteiger partial charge in [-0.15, -0.1) is 0 Å². The second-order valence-corrected chi connectivity index (χ2v) is 4.77. The van der Waals surface area contributed by atoms with Gasteiger partial charge in [0.05, 0.1) is 27.9 Å². The van der Waals surface area contributed by atoms with E-state index in [1.807, 2.05) is 10.6 Å². The minimum absolute atomic E-state index is 0.0379. The molecule has 2 aromatic heterocycles. The number of aromatic carboxylic acids is 1. The van der Waals surface area contributed by atoms with Gasteiger partial charge in [0.1, 0.15) is 0 Å². The lowest BCUT2D eigenvalue weighted by atomic mass is 10.1. The topological polar surface area (TPSA) is 50.9 Å². The summed E-state index contributed by atoms with van der Waals surface area (Å²) in [6, 6.07) is 5.17. The predicted molar refractivity (Wildman–Crippen MR) is 67.3 cm³/mol. The summed E-state index contributed by atoms with van der Waals surface area (Å²) >= 11 is 6.10. The van der Waals surface area contributed by atoms with Crippen LogP contribution in [0.1, 0.15) is 35.0 Å². The van der Waals surface area contributed by atoms with Gasteiger partial charge >= 0.3 is 5.97 Å². The smallest absolute Gasteiger partial charge is 0.337 e. The predicted octanol–water partition coefficient (Wildman–Crippen LogP) is 3.14. The molecule has 18 heavy (non-hydrogen) atoms. The van der Waals surface area contributed by atoms with Gasteiger partial charge in [0.25, 0.3) is 0 Å². The lowest BCUT2D eigenvalue weighted by Gasteiger charge is -2.09. The quantitative estimate of drug-likeness (QED) is 0.907. The zero-order chi connectivity index (χ0) is 12.7. The zero-order valence-corrected chi connectivity index (χ0v) is 10.4. The van der Waals surface area contributed by atoms with Crippen molar-refractivity contribution in [1.29, 1.82) is 0 Å². The molecule has 1 saturated heterocycles. The Morgan fingerprint density at radius 2 is 2.39 bits per heavy atom. The summed E-state index contributed by atoms with van der Waals surface area (Å²) in [5, 5.41) is 9.69. The molecule has 0 unspecified atom stereocenters. The molecule has 4 nitrogen and oxygen atoms in total. The number of hydrogen-bond donors (Lipinski definition) is 1. The highest BCUT2D eigenvalue weighted by Crippen LogP contribution is 2.33. The van der Waals surface area contributed by atoms with E-state index < -0.39 is 5.97 Å². The molecule has 0 spiro atoms. The number of hydrogen-bond acceptors (Lipinski definition) is 2. The van der Waals surface area contributed by atoms with Crippen molar-refractivity contribution in [2.24, 2.45) is 0 Å². The van der Waals surface area contributed by atoms with Gasteiger partial charge in [-0.3, -0.25) is 0 Å². The molecule has 0 amide bonds. The number of pyridine rings is 1. The number of fused-ring (bicyclic) bond motifs is 1. The first-order valence-corrected chi connectivity index (χ1v) is 6.20. The van der Waals surface area contributed by atoms with Gasteiger partial charge in [0.15, 0.2) is 0 Å². The molecule has 1 fully saturated rings. The molecule has 3 heterocycles. The van der Waals surface area contributed by atoms with Crippen molar-refractivity contribution in [3.05, 3.63) is 40.7 Å². The monoisotopic (exact) mass is 265 g/mol. The second-order valence-electron chi connectivity index (χ2n) is 4.36. The number of carboxylic acid groups (broad SMARTS) is 1. The Bertz CT molecular complexity index is 614. The molecule has 0 aromatic carbocycles. The molecule has 1 aliphatic heterocycles. The van der Waals surface area contributed by atoms with Gasteiger partial charge in [-0.05, 0) is 31.0 Å². The summed E-state index contributed by atoms with van der Waals surface area (Å²) in [7, 11) is 0. The summed E-state index contributed by atoms with van der Waals surface area (Å²) in [5.41, 5.74) is 1.63. The Morgan fingerprint density at radius 3 is 3.06 bits per heavy atom. The second kappa shape index (κ2) is 4.30. The van der Waals surface area contributed by atoms with E-state index in [4.69, 9.17) is 16.3 Å². The maximum atomic E-state index is 11.3. The van der Waals surface area contributed by atoms with Crippen LogP contribution in [0.15, 0.2) is 24.4 Å². The number of carbonyl (C=O) groups is 1. The Morgan fingerprint density at radius 1 is 1.56 bits per heavy atom. The molecule has 3 rings (SSSR count). The third-order valence-corrected chi connectivity index (χ3v) is 3.57. The van der Waals surface area contributed by atoms with Gasteiger partial charge in [0.2, 0.25) is 0 Å². The number of halogens is 1. The lowest BCUT2D eigenvalue weighted by molar-refractivity contribution is 0.0699. The zero-order valence-electron chi connectivity index (χ0n) is 9.60. The summed E-state index contributed by atoms with van der Waals surface area (Å²) in [6.07, 6.45) is 3.70. The van der Waals surface area contributed by atoms with E-state index in [9.17, 15) is 9.90 Å². The minimum atomic E-state index is -0.968. The van der Waals surface area contributed by atoms with Gasteiger partial charge in [0, 0.05) is 12.8 Å². The van der Waals surface area contributed by atoms with Crippen LogP contribution in [0.4, 0.5) is 0 Å². The van der Waals surface area contributed by atoms with E-state index in [0.29, 0.717) is 10.5 Å². The van der Waals surface area contributed by atoms with Crippen LogP contribution in [0.2, 0.25) is 5.02 Å². The number of ether oxygens (including phenoxy) is 1. The van der Waals surface area contributed by atoms with Crippen molar-refractivity contribution >= 4 is 23.1 Å². The van der Waals surface area contributed by atoms with E-state index in [0.717, 1.165) is 25.1 Å². The molecular formula is C13H12ClNO3. The first kappa shape index (κ1) is 11.6. The molecule has 1 N–H and O–H groups in total. The molecule has 0 radical (unpaired) electrons. The van der Waals surface area contributed by atoms with E-state index in [2.05, 4.69) is 0 Å². The van der Waals surface area contributed by atoms with Crippen LogP contribution in [0.25, 0.3) is 5.52 Å². The Balaban J connectivity index is 2.26. The first-order valence-electron chi connectivity index (χ1n) is 5.83. The normalized spacial score (nSPS) is 19.5. The molecule has 5 heteroatoms. The van der Waals surface area contributed by atoms with Crippen LogP contribution >= 0.6 is 11.6 Å². The molecule has 2 aromatic rings. The van der Waals surface area contributed by atoms with Gasteiger partial charge in [-0.25, -0.2) is 4.79 Å². The summed E-state index contributed by atoms with van der Waals surface area (Å²) in [6.45, 7) is 0.723. The standard InChI is InChI=1S/C13H12ClNO3/c14-9-3-1-5-15-10(11-4-2-6-18-11)7-8(12(9)15)13(16)17/h1,3,5,7,11H,2,4,6H2,(H,16,17)/t11-/m0/s1. The number of aromatic nitrogens is 1. The van der Waals surface area contributed by atoms with Crippen molar-refractivity contribution in [1.82, 2.24) is 4.40 Å². The van der Waals surface area contributed by atoms with E-state index in [-0.39, 0.29) is 11.7 Å². The van der Waals surface area contributed by atoms with Crippen molar-refractivity contribution < 1.29 is 14.6 Å². The average molecular weight is 266 g/mol. The Hall–Kier alpha value is -1.52. The van der Waals surface area contributed by atoms with E-state index in [1.165, 1.54) is 0 Å². The van der Waals surface area contributed by atoms with Gasteiger partial charge < -0.3 is 14.2 Å². The Labute approximate surface area is 109 Å². The summed E-state index contributed by atoms with van der Waals surface area (Å²) < 4.78 is 7.44. The van der Waals surface area contributed by atoms with Crippen molar-refractivity contribution in [3.63, 3.8) is 0 Å². The van der Waals surface area contributed by atoms with Crippen LogP contribution in [-0.2, 0) is 4.74 Å². The van der Waals surface area contributed by atoms with Crippen LogP contribution in [0.5, 0.6) is 0 Å². The minimum Gasteiger partial charge on any atom is -0.478 e. The van der Waals surface area contributed by atoms with E-state index in [1.54, 1.807) is 18.2 Å². The summed E-state index contributed by atoms with van der Waals surface area (Å²) in [4.78, 5) is 11.3.